The molecule has 0 radical (unpaired) electrons. The van der Waals surface area contributed by atoms with Crippen LogP contribution in [0.4, 0.5) is 13.2 Å². The second-order valence-electron chi connectivity index (χ2n) is 6.24. The molecular weight excluding hydrogens is 437 g/mol. The number of carbonyl (C=O) groups excluding carboxylic acids is 2. The number of amides is 2. The third-order valence-corrected chi connectivity index (χ3v) is 5.37. The summed E-state index contributed by atoms with van der Waals surface area (Å²) in [4.78, 5) is 24.2. The molecule has 0 aromatic heterocycles. The zero-order valence-electron chi connectivity index (χ0n) is 15.9. The van der Waals surface area contributed by atoms with Crippen molar-refractivity contribution in [3.05, 3.63) is 64.7 Å². The van der Waals surface area contributed by atoms with E-state index in [4.69, 9.17) is 22.7 Å². The van der Waals surface area contributed by atoms with E-state index >= 15 is 0 Å². The first-order valence-corrected chi connectivity index (χ1v) is 10.1. The lowest BCUT2D eigenvalue weighted by Crippen LogP contribution is -2.28. The first-order chi connectivity index (χ1) is 14.2. The SMILES string of the molecule is COc1ccc(CC(SC=S)C(N)=O)cc1C(=O)NCc1ccc(C(F)(F)F)cc1. The molecule has 160 valence electrons. The summed E-state index contributed by atoms with van der Waals surface area (Å²) in [5.74, 6) is -0.668. The van der Waals surface area contributed by atoms with E-state index in [2.05, 4.69) is 5.32 Å². The van der Waals surface area contributed by atoms with Crippen LogP contribution >= 0.6 is 24.0 Å². The van der Waals surface area contributed by atoms with Crippen molar-refractivity contribution in [3.8, 4) is 5.75 Å². The number of hydrogen-bond donors (Lipinski definition) is 2. The van der Waals surface area contributed by atoms with Gasteiger partial charge in [0.2, 0.25) is 5.91 Å². The highest BCUT2D eigenvalue weighted by molar-refractivity contribution is 8.21. The molecule has 0 bridgehead atoms. The van der Waals surface area contributed by atoms with E-state index in [9.17, 15) is 22.8 Å². The minimum atomic E-state index is -4.42. The highest BCUT2D eigenvalue weighted by Crippen LogP contribution is 2.29. The Balaban J connectivity index is 2.13. The number of thiocarbonyl (C=S) groups is 1. The smallest absolute Gasteiger partial charge is 0.416 e. The van der Waals surface area contributed by atoms with Crippen molar-refractivity contribution in [1.29, 1.82) is 0 Å². The van der Waals surface area contributed by atoms with Gasteiger partial charge in [0.25, 0.3) is 5.91 Å². The number of benzene rings is 2. The van der Waals surface area contributed by atoms with Crippen molar-refractivity contribution in [2.24, 2.45) is 5.73 Å². The molecule has 0 heterocycles. The lowest BCUT2D eigenvalue weighted by molar-refractivity contribution is -0.137. The molecule has 0 aliphatic heterocycles. The summed E-state index contributed by atoms with van der Waals surface area (Å²) in [6, 6.07) is 9.42. The van der Waals surface area contributed by atoms with Crippen LogP contribution in [0.5, 0.6) is 5.75 Å². The van der Waals surface area contributed by atoms with Crippen LogP contribution in [0.3, 0.4) is 0 Å². The van der Waals surface area contributed by atoms with E-state index in [-0.39, 0.29) is 18.5 Å². The third-order valence-electron chi connectivity index (χ3n) is 4.20. The standard InChI is InChI=1S/C20H19F3N2O3S2/c1-28-16-7-4-13(9-17(18(24)26)30-11-29)8-15(16)19(27)25-10-12-2-5-14(6-3-12)20(21,22)23/h2-8,11,17H,9-10H2,1H3,(H2,24,26)(H,25,27). The zero-order chi connectivity index (χ0) is 22.3. The summed E-state index contributed by atoms with van der Waals surface area (Å²) in [6.07, 6.45) is -4.14. The lowest BCUT2D eigenvalue weighted by Gasteiger charge is -2.14. The first kappa shape index (κ1) is 23.7. The Morgan fingerprint density at radius 2 is 1.83 bits per heavy atom. The van der Waals surface area contributed by atoms with Gasteiger partial charge >= 0.3 is 6.18 Å². The second-order valence-corrected chi connectivity index (χ2v) is 7.85. The van der Waals surface area contributed by atoms with Gasteiger partial charge in [-0.25, -0.2) is 0 Å². The molecule has 0 fully saturated rings. The Kier molecular flexibility index (Phi) is 8.24. The zero-order valence-corrected chi connectivity index (χ0v) is 17.5. The van der Waals surface area contributed by atoms with Crippen molar-refractivity contribution < 1.29 is 27.5 Å². The van der Waals surface area contributed by atoms with Gasteiger partial charge in [-0.15, -0.1) is 11.8 Å². The summed E-state index contributed by atoms with van der Waals surface area (Å²) < 4.78 is 44.5. The van der Waals surface area contributed by atoms with Gasteiger partial charge < -0.3 is 15.8 Å². The molecule has 2 aromatic carbocycles. The molecule has 2 aromatic rings. The number of primary amides is 1. The number of nitrogens with one attached hydrogen (secondary N) is 1. The summed E-state index contributed by atoms with van der Waals surface area (Å²) in [7, 11) is 1.41. The number of halogens is 3. The molecule has 3 N–H and O–H groups in total. The van der Waals surface area contributed by atoms with Crippen LogP contribution in [0.25, 0.3) is 0 Å². The number of hydrogen-bond acceptors (Lipinski definition) is 5. The molecule has 2 rings (SSSR count). The largest absolute Gasteiger partial charge is 0.496 e. The normalized spacial score (nSPS) is 12.1. The maximum absolute atomic E-state index is 12.6. The number of carbonyl (C=O) groups is 2. The quantitative estimate of drug-likeness (QED) is 0.562. The fourth-order valence-corrected chi connectivity index (χ4v) is 3.60. The van der Waals surface area contributed by atoms with Gasteiger partial charge in [-0.3, -0.25) is 9.59 Å². The van der Waals surface area contributed by atoms with E-state index in [0.29, 0.717) is 16.9 Å². The van der Waals surface area contributed by atoms with Gasteiger partial charge in [0.15, 0.2) is 0 Å². The molecule has 2 amide bonds. The van der Waals surface area contributed by atoms with E-state index < -0.39 is 28.8 Å². The van der Waals surface area contributed by atoms with Gasteiger partial charge in [0.05, 0.1) is 23.5 Å². The number of alkyl halides is 3. The summed E-state index contributed by atoms with van der Waals surface area (Å²) >= 11 is 5.88. The van der Waals surface area contributed by atoms with Crippen LogP contribution in [-0.4, -0.2) is 28.9 Å². The molecule has 0 aliphatic carbocycles. The molecule has 30 heavy (non-hydrogen) atoms. The number of thioether (sulfide) groups is 1. The molecule has 10 heteroatoms. The van der Waals surface area contributed by atoms with Gasteiger partial charge in [0, 0.05) is 11.2 Å². The summed E-state index contributed by atoms with van der Waals surface area (Å²) in [5.41, 5.74) is 6.04. The van der Waals surface area contributed by atoms with Crippen LogP contribution in [0, 0.1) is 0 Å². The van der Waals surface area contributed by atoms with E-state index in [0.717, 1.165) is 23.9 Å². The molecule has 0 saturated carbocycles. The Bertz CT molecular complexity index is 919. The average molecular weight is 457 g/mol. The minimum absolute atomic E-state index is 0.0367. The third kappa shape index (κ3) is 6.46. The van der Waals surface area contributed by atoms with Gasteiger partial charge in [-0.05, 0) is 41.8 Å². The lowest BCUT2D eigenvalue weighted by atomic mass is 10.0. The van der Waals surface area contributed by atoms with Crippen molar-refractivity contribution >= 4 is 40.5 Å². The molecule has 0 spiro atoms. The van der Waals surface area contributed by atoms with Crippen LogP contribution < -0.4 is 15.8 Å². The molecule has 1 unspecified atom stereocenters. The Morgan fingerprint density at radius 1 is 1.20 bits per heavy atom. The predicted octanol–water partition coefficient (Wildman–Crippen LogP) is 3.73. The highest BCUT2D eigenvalue weighted by atomic mass is 32.2. The second kappa shape index (κ2) is 10.4. The first-order valence-electron chi connectivity index (χ1n) is 8.65. The number of nitrogens with two attached hydrogens (primary N) is 1. The Hall–Kier alpha value is -2.59. The fourth-order valence-electron chi connectivity index (χ4n) is 2.65. The maximum Gasteiger partial charge on any atom is 0.416 e. The molecular formula is C20H19F3N2O3S2. The van der Waals surface area contributed by atoms with Crippen LogP contribution in [-0.2, 0) is 23.9 Å². The van der Waals surface area contributed by atoms with Crippen molar-refractivity contribution in [1.82, 2.24) is 5.32 Å². The van der Waals surface area contributed by atoms with Gasteiger partial charge in [0.1, 0.15) is 5.75 Å². The summed E-state index contributed by atoms with van der Waals surface area (Å²) in [6.45, 7) is 0.0367. The Labute approximate surface area is 181 Å². The number of rotatable bonds is 9. The minimum Gasteiger partial charge on any atom is -0.496 e. The maximum atomic E-state index is 12.6. The molecule has 0 saturated heterocycles. The highest BCUT2D eigenvalue weighted by Gasteiger charge is 2.29. The van der Waals surface area contributed by atoms with E-state index in [1.165, 1.54) is 23.9 Å². The van der Waals surface area contributed by atoms with E-state index in [1.54, 1.807) is 18.2 Å². The topological polar surface area (TPSA) is 81.4 Å². The predicted molar refractivity (Wildman–Crippen MR) is 114 cm³/mol. The number of ether oxygens (including phenoxy) is 1. The van der Waals surface area contributed by atoms with Crippen LogP contribution in [0.15, 0.2) is 42.5 Å². The Morgan fingerprint density at radius 3 is 2.37 bits per heavy atom. The van der Waals surface area contributed by atoms with Crippen molar-refractivity contribution in [2.45, 2.75) is 24.4 Å². The average Bonchev–Trinajstić information content (AvgIpc) is 2.71. The number of methoxy groups -OCH3 is 1. The van der Waals surface area contributed by atoms with Crippen molar-refractivity contribution in [2.75, 3.05) is 7.11 Å². The fraction of sp³-hybridized carbons (Fsp3) is 0.250. The van der Waals surface area contributed by atoms with Crippen molar-refractivity contribution in [3.63, 3.8) is 0 Å². The van der Waals surface area contributed by atoms with Crippen LogP contribution in [0.2, 0.25) is 0 Å². The molecule has 1 atom stereocenters. The van der Waals surface area contributed by atoms with Crippen LogP contribution in [0.1, 0.15) is 27.0 Å². The monoisotopic (exact) mass is 456 g/mol. The van der Waals surface area contributed by atoms with E-state index in [1.807, 2.05) is 0 Å². The summed E-state index contributed by atoms with van der Waals surface area (Å²) in [5, 5.41) is 2.09. The molecule has 5 nitrogen and oxygen atoms in total. The van der Waals surface area contributed by atoms with Gasteiger partial charge in [-0.1, -0.05) is 30.4 Å². The molecule has 0 aliphatic rings. The van der Waals surface area contributed by atoms with Gasteiger partial charge in [-0.2, -0.15) is 13.2 Å².